The minimum Gasteiger partial charge on any atom is -0.339 e. The molecule has 0 spiro atoms. The molecule has 3 aromatic rings. The minimum absolute atomic E-state index is 0.0442. The Morgan fingerprint density at radius 3 is 2.39 bits per heavy atom. The molecule has 0 saturated carbocycles. The number of benzene rings is 1. The summed E-state index contributed by atoms with van der Waals surface area (Å²) in [6, 6.07) is 10.1. The van der Waals surface area contributed by atoms with Gasteiger partial charge in [-0.25, -0.2) is 15.4 Å². The van der Waals surface area contributed by atoms with Crippen LogP contribution in [0, 0.1) is 0 Å². The highest BCUT2D eigenvalue weighted by atomic mass is 32.1. The van der Waals surface area contributed by atoms with E-state index in [0.717, 1.165) is 46.6 Å². The number of hydroxylamine groups is 1. The predicted octanol–water partition coefficient (Wildman–Crippen LogP) is 4.78. The van der Waals surface area contributed by atoms with Gasteiger partial charge in [0, 0.05) is 18.5 Å². The van der Waals surface area contributed by atoms with Crippen LogP contribution in [0.1, 0.15) is 51.0 Å². The van der Waals surface area contributed by atoms with Crippen molar-refractivity contribution in [1.29, 1.82) is 0 Å². The summed E-state index contributed by atoms with van der Waals surface area (Å²) in [7, 11) is 0. The van der Waals surface area contributed by atoms with Gasteiger partial charge in [0.25, 0.3) is 0 Å². The van der Waals surface area contributed by atoms with Crippen molar-refractivity contribution in [1.82, 2.24) is 15.4 Å². The van der Waals surface area contributed by atoms with E-state index in [1.807, 2.05) is 18.2 Å². The van der Waals surface area contributed by atoms with Crippen LogP contribution in [-0.2, 0) is 16.0 Å². The molecule has 31 heavy (non-hydrogen) atoms. The smallest absolute Gasteiger partial charge is 0.243 e. The average Bonchev–Trinajstić information content (AvgIpc) is 3.19. The number of carbonyl (C=O) groups excluding carboxylic acids is 2. The molecule has 3 rings (SSSR count). The van der Waals surface area contributed by atoms with Gasteiger partial charge < -0.3 is 10.6 Å². The molecule has 9 heteroatoms. The van der Waals surface area contributed by atoms with Crippen molar-refractivity contribution in [3.8, 4) is 0 Å². The third-order valence-electron chi connectivity index (χ3n) is 4.88. The van der Waals surface area contributed by atoms with Gasteiger partial charge in [-0.2, -0.15) is 0 Å². The lowest BCUT2D eigenvalue weighted by atomic mass is 10.1. The van der Waals surface area contributed by atoms with Gasteiger partial charge in [-0.1, -0.05) is 31.9 Å². The third kappa shape index (κ3) is 6.73. The molecule has 0 atom stereocenters. The first-order chi connectivity index (χ1) is 15.1. The van der Waals surface area contributed by atoms with Gasteiger partial charge in [0.1, 0.15) is 6.33 Å². The fourth-order valence-corrected chi connectivity index (χ4v) is 4.12. The molecule has 4 N–H and O–H groups in total. The molecular formula is C22H27N5O3S. The van der Waals surface area contributed by atoms with Crippen molar-refractivity contribution in [3.63, 3.8) is 0 Å². The fraction of sp³-hybridized carbons (Fsp3) is 0.364. The van der Waals surface area contributed by atoms with Crippen LogP contribution in [0.15, 0.2) is 36.7 Å². The Bertz CT molecular complexity index is 1020. The number of thiophene rings is 1. The second-order valence-corrected chi connectivity index (χ2v) is 8.27. The van der Waals surface area contributed by atoms with Crippen molar-refractivity contribution in [2.75, 3.05) is 10.6 Å². The Balaban J connectivity index is 1.53. The lowest BCUT2D eigenvalue weighted by Gasteiger charge is -2.06. The fourth-order valence-electron chi connectivity index (χ4n) is 3.15. The van der Waals surface area contributed by atoms with Crippen molar-refractivity contribution in [2.45, 2.75) is 51.9 Å². The molecule has 1 aromatic carbocycles. The summed E-state index contributed by atoms with van der Waals surface area (Å²) in [5.74, 6) is 0.293. The largest absolute Gasteiger partial charge is 0.339 e. The maximum Gasteiger partial charge on any atom is 0.243 e. The van der Waals surface area contributed by atoms with Crippen LogP contribution in [0.5, 0.6) is 0 Å². The van der Waals surface area contributed by atoms with Crippen molar-refractivity contribution < 1.29 is 14.8 Å². The summed E-state index contributed by atoms with van der Waals surface area (Å²) in [5, 5.41) is 15.5. The van der Waals surface area contributed by atoms with Crippen LogP contribution in [0.2, 0.25) is 0 Å². The zero-order valence-corrected chi connectivity index (χ0v) is 18.3. The number of nitrogens with one attached hydrogen (secondary N) is 3. The van der Waals surface area contributed by atoms with E-state index < -0.39 is 0 Å². The molecule has 0 aliphatic rings. The van der Waals surface area contributed by atoms with Crippen molar-refractivity contribution >= 4 is 49.9 Å². The zero-order chi connectivity index (χ0) is 22.1. The van der Waals surface area contributed by atoms with Gasteiger partial charge in [-0.3, -0.25) is 14.8 Å². The number of nitrogens with zero attached hydrogens (tertiary/aromatic N) is 2. The summed E-state index contributed by atoms with van der Waals surface area (Å²) < 4.78 is 0.888. The van der Waals surface area contributed by atoms with Crippen LogP contribution in [0.3, 0.4) is 0 Å². The highest BCUT2D eigenvalue weighted by molar-refractivity contribution is 7.23. The van der Waals surface area contributed by atoms with Crippen LogP contribution in [-0.4, -0.2) is 27.0 Å². The van der Waals surface area contributed by atoms with Gasteiger partial charge in [0.2, 0.25) is 11.8 Å². The second-order valence-electron chi connectivity index (χ2n) is 7.22. The van der Waals surface area contributed by atoms with Gasteiger partial charge in [-0.15, -0.1) is 11.3 Å². The van der Waals surface area contributed by atoms with E-state index >= 15 is 0 Å². The summed E-state index contributed by atoms with van der Waals surface area (Å²) in [4.78, 5) is 31.9. The number of unbranched alkanes of at least 4 members (excludes halogenated alkanes) is 3. The Kier molecular flexibility index (Phi) is 8.31. The van der Waals surface area contributed by atoms with Gasteiger partial charge in [-0.05, 0) is 43.0 Å². The van der Waals surface area contributed by atoms with Gasteiger partial charge in [0.05, 0.1) is 15.2 Å². The van der Waals surface area contributed by atoms with Gasteiger partial charge in [0.15, 0.2) is 5.82 Å². The Morgan fingerprint density at radius 1 is 1.00 bits per heavy atom. The lowest BCUT2D eigenvalue weighted by Crippen LogP contribution is -2.17. The predicted molar refractivity (Wildman–Crippen MR) is 123 cm³/mol. The molecule has 2 amide bonds. The van der Waals surface area contributed by atoms with E-state index in [9.17, 15) is 9.59 Å². The van der Waals surface area contributed by atoms with Crippen LogP contribution < -0.4 is 16.1 Å². The normalized spacial score (nSPS) is 10.8. The number of amides is 2. The maximum atomic E-state index is 12.3. The number of hydrogen-bond donors (Lipinski definition) is 4. The molecule has 164 valence electrons. The molecule has 0 bridgehead atoms. The van der Waals surface area contributed by atoms with E-state index in [4.69, 9.17) is 5.21 Å². The number of anilines is 3. The number of fused-ring (bicyclic) bond motifs is 1. The standard InChI is InChI=1S/C22H27N5O3S/c1-2-15-9-11-16(12-10-15)25-22-21-17(23-14-24-22)13-20(31-21)26-18(28)7-5-3-4-6-8-19(29)27-30/h9-14,30H,2-8H2,1H3,(H,26,28)(H,27,29)(H,23,24,25). The van der Waals surface area contributed by atoms with Crippen LogP contribution in [0.25, 0.3) is 10.2 Å². The van der Waals surface area contributed by atoms with E-state index in [0.29, 0.717) is 25.1 Å². The lowest BCUT2D eigenvalue weighted by molar-refractivity contribution is -0.129. The van der Waals surface area contributed by atoms with E-state index in [1.54, 1.807) is 5.48 Å². The highest BCUT2D eigenvalue weighted by Crippen LogP contribution is 2.34. The minimum atomic E-state index is -0.377. The number of hydrogen-bond acceptors (Lipinski definition) is 7. The molecule has 0 fully saturated rings. The molecule has 0 aliphatic heterocycles. The molecular weight excluding hydrogens is 414 g/mol. The summed E-state index contributed by atoms with van der Waals surface area (Å²) in [5.41, 5.74) is 4.63. The molecule has 2 aromatic heterocycles. The number of aryl methyl sites for hydroxylation is 1. The van der Waals surface area contributed by atoms with E-state index in [1.165, 1.54) is 23.2 Å². The van der Waals surface area contributed by atoms with Crippen molar-refractivity contribution in [3.05, 3.63) is 42.2 Å². The maximum absolute atomic E-state index is 12.3. The van der Waals surface area contributed by atoms with Crippen molar-refractivity contribution in [2.24, 2.45) is 0 Å². The molecule has 0 unspecified atom stereocenters. The second kappa shape index (κ2) is 11.4. The first kappa shape index (κ1) is 22.6. The monoisotopic (exact) mass is 441 g/mol. The molecule has 0 aliphatic carbocycles. The zero-order valence-electron chi connectivity index (χ0n) is 17.5. The first-order valence-electron chi connectivity index (χ1n) is 10.4. The van der Waals surface area contributed by atoms with E-state index in [2.05, 4.69) is 39.7 Å². The Morgan fingerprint density at radius 2 is 1.71 bits per heavy atom. The summed E-state index contributed by atoms with van der Waals surface area (Å²) >= 11 is 1.44. The van der Waals surface area contributed by atoms with Crippen LogP contribution >= 0.6 is 11.3 Å². The van der Waals surface area contributed by atoms with E-state index in [-0.39, 0.29) is 11.8 Å². The first-order valence-corrected chi connectivity index (χ1v) is 11.2. The molecule has 8 nitrogen and oxygen atoms in total. The molecule has 0 saturated heterocycles. The summed E-state index contributed by atoms with van der Waals surface area (Å²) in [6.45, 7) is 2.12. The number of aromatic nitrogens is 2. The van der Waals surface area contributed by atoms with Crippen LogP contribution in [0.4, 0.5) is 16.5 Å². The summed E-state index contributed by atoms with van der Waals surface area (Å²) in [6.07, 6.45) is 6.36. The highest BCUT2D eigenvalue weighted by Gasteiger charge is 2.11. The third-order valence-corrected chi connectivity index (χ3v) is 5.93. The Hall–Kier alpha value is -3.04. The topological polar surface area (TPSA) is 116 Å². The number of rotatable bonds is 11. The number of carbonyl (C=O) groups is 2. The molecule has 2 heterocycles. The quantitative estimate of drug-likeness (QED) is 0.193. The van der Waals surface area contributed by atoms with Gasteiger partial charge >= 0.3 is 0 Å². The molecule has 0 radical (unpaired) electrons. The SMILES string of the molecule is CCc1ccc(Nc2ncnc3cc(NC(=O)CCCCCCC(=O)NO)sc23)cc1. The average molecular weight is 442 g/mol. The Labute approximate surface area is 185 Å².